The van der Waals surface area contributed by atoms with E-state index in [0.29, 0.717) is 5.52 Å². The highest BCUT2D eigenvalue weighted by Gasteiger charge is 2.15. The first-order chi connectivity index (χ1) is 6.20. The molecule has 2 aromatic rings. The molecule has 0 bridgehead atoms. The van der Waals surface area contributed by atoms with Crippen LogP contribution in [0.5, 0.6) is 0 Å². The lowest BCUT2D eigenvalue weighted by atomic mass is 10.4. The van der Waals surface area contributed by atoms with Gasteiger partial charge in [-0.05, 0) is 12.1 Å². The van der Waals surface area contributed by atoms with Crippen LogP contribution in [0.25, 0.3) is 5.52 Å². The van der Waals surface area contributed by atoms with E-state index in [-0.39, 0.29) is 5.69 Å². The third-order valence-corrected chi connectivity index (χ3v) is 1.84. The second kappa shape index (κ2) is 2.58. The molecule has 0 aliphatic carbocycles. The molecule has 66 valence electrons. The Bertz CT molecular complexity index is 475. The molecule has 13 heavy (non-hydrogen) atoms. The van der Waals surface area contributed by atoms with Crippen LogP contribution in [0.2, 0.25) is 0 Å². The Hall–Kier alpha value is -1.84. The number of rotatable bonds is 1. The van der Waals surface area contributed by atoms with Crippen molar-refractivity contribution in [2.24, 2.45) is 0 Å². The number of carbonyl (C=O) groups is 1. The van der Waals surface area contributed by atoms with Gasteiger partial charge in [0.05, 0.1) is 0 Å². The Morgan fingerprint density at radius 2 is 2.23 bits per heavy atom. The topological polar surface area (TPSA) is 41.7 Å². The molecule has 2 rings (SSSR count). The molecule has 0 radical (unpaired) electrons. The number of carboxylic acid groups (broad SMARTS) is 1. The molecule has 0 amide bonds. The molecular formula is C9H6FNO2. The molecule has 2 aromatic heterocycles. The van der Waals surface area contributed by atoms with Crippen LogP contribution in [0, 0.1) is 5.82 Å². The van der Waals surface area contributed by atoms with Crippen molar-refractivity contribution in [3.63, 3.8) is 0 Å². The minimum atomic E-state index is -1.26. The van der Waals surface area contributed by atoms with Gasteiger partial charge >= 0.3 is 5.97 Å². The van der Waals surface area contributed by atoms with Crippen molar-refractivity contribution in [3.05, 3.63) is 42.0 Å². The Balaban J connectivity index is 2.86. The van der Waals surface area contributed by atoms with E-state index in [2.05, 4.69) is 0 Å². The SMILES string of the molecule is O=C(O)c1c(F)cc2ccccn12. The zero-order valence-electron chi connectivity index (χ0n) is 6.57. The van der Waals surface area contributed by atoms with Crippen LogP contribution >= 0.6 is 0 Å². The molecule has 4 heteroatoms. The molecule has 2 heterocycles. The average molecular weight is 179 g/mol. The van der Waals surface area contributed by atoms with Crippen molar-refractivity contribution in [1.82, 2.24) is 4.40 Å². The van der Waals surface area contributed by atoms with Crippen molar-refractivity contribution in [3.8, 4) is 0 Å². The van der Waals surface area contributed by atoms with Crippen LogP contribution in [0.1, 0.15) is 10.5 Å². The van der Waals surface area contributed by atoms with E-state index in [1.165, 1.54) is 16.7 Å². The fourth-order valence-electron chi connectivity index (χ4n) is 1.30. The minimum Gasteiger partial charge on any atom is -0.476 e. The monoisotopic (exact) mass is 179 g/mol. The number of fused-ring (bicyclic) bond motifs is 1. The van der Waals surface area contributed by atoms with Crippen molar-refractivity contribution < 1.29 is 14.3 Å². The predicted octanol–water partition coefficient (Wildman–Crippen LogP) is 1.78. The van der Waals surface area contributed by atoms with E-state index in [4.69, 9.17) is 5.11 Å². The van der Waals surface area contributed by atoms with Crippen LogP contribution < -0.4 is 0 Å². The maximum Gasteiger partial charge on any atom is 0.355 e. The lowest BCUT2D eigenvalue weighted by Gasteiger charge is -1.95. The third-order valence-electron chi connectivity index (χ3n) is 1.84. The summed E-state index contributed by atoms with van der Waals surface area (Å²) in [7, 11) is 0. The summed E-state index contributed by atoms with van der Waals surface area (Å²) >= 11 is 0. The normalized spacial score (nSPS) is 10.5. The molecule has 0 saturated heterocycles. The third kappa shape index (κ3) is 1.07. The Labute approximate surface area is 73.0 Å². The largest absolute Gasteiger partial charge is 0.476 e. The van der Waals surface area contributed by atoms with Gasteiger partial charge in [-0.1, -0.05) is 6.07 Å². The zero-order chi connectivity index (χ0) is 9.42. The number of aromatic nitrogens is 1. The first-order valence-corrected chi connectivity index (χ1v) is 3.69. The summed E-state index contributed by atoms with van der Waals surface area (Å²) in [5.74, 6) is -1.97. The number of hydrogen-bond donors (Lipinski definition) is 1. The van der Waals surface area contributed by atoms with Gasteiger partial charge in [0.25, 0.3) is 0 Å². The van der Waals surface area contributed by atoms with E-state index in [1.54, 1.807) is 18.2 Å². The van der Waals surface area contributed by atoms with Gasteiger partial charge < -0.3 is 9.51 Å². The van der Waals surface area contributed by atoms with Crippen LogP contribution in [-0.4, -0.2) is 15.5 Å². The minimum absolute atomic E-state index is 0.324. The molecule has 3 nitrogen and oxygen atoms in total. The summed E-state index contributed by atoms with van der Waals surface area (Å²) in [6.07, 6.45) is 1.52. The van der Waals surface area contributed by atoms with Crippen LogP contribution in [0.4, 0.5) is 4.39 Å². The molecule has 0 aliphatic heterocycles. The smallest absolute Gasteiger partial charge is 0.355 e. The Morgan fingerprint density at radius 1 is 1.46 bits per heavy atom. The zero-order valence-corrected chi connectivity index (χ0v) is 6.57. The lowest BCUT2D eigenvalue weighted by Crippen LogP contribution is -2.03. The summed E-state index contributed by atoms with van der Waals surface area (Å²) in [6.45, 7) is 0. The van der Waals surface area contributed by atoms with E-state index < -0.39 is 11.8 Å². The molecule has 0 atom stereocenters. The standard InChI is InChI=1S/C9H6FNO2/c10-7-5-6-3-1-2-4-11(6)8(7)9(12)13/h1-5H,(H,12,13). The Morgan fingerprint density at radius 3 is 2.92 bits per heavy atom. The maximum absolute atomic E-state index is 13.1. The summed E-state index contributed by atoms with van der Waals surface area (Å²) in [4.78, 5) is 10.6. The number of nitrogens with zero attached hydrogens (tertiary/aromatic N) is 1. The second-order valence-electron chi connectivity index (χ2n) is 2.64. The highest BCUT2D eigenvalue weighted by molar-refractivity contribution is 5.88. The first-order valence-electron chi connectivity index (χ1n) is 3.69. The van der Waals surface area contributed by atoms with Crippen molar-refractivity contribution >= 4 is 11.5 Å². The molecule has 0 aliphatic rings. The van der Waals surface area contributed by atoms with E-state index in [0.717, 1.165) is 0 Å². The number of pyridine rings is 1. The fourth-order valence-corrected chi connectivity index (χ4v) is 1.30. The van der Waals surface area contributed by atoms with Crippen LogP contribution in [0.15, 0.2) is 30.5 Å². The van der Waals surface area contributed by atoms with Gasteiger partial charge in [-0.15, -0.1) is 0 Å². The highest BCUT2D eigenvalue weighted by atomic mass is 19.1. The van der Waals surface area contributed by atoms with Gasteiger partial charge in [-0.2, -0.15) is 0 Å². The van der Waals surface area contributed by atoms with Gasteiger partial charge in [0.15, 0.2) is 11.5 Å². The van der Waals surface area contributed by atoms with Gasteiger partial charge in [0, 0.05) is 17.8 Å². The molecule has 1 N–H and O–H groups in total. The molecular weight excluding hydrogens is 173 g/mol. The molecule has 0 fully saturated rings. The van der Waals surface area contributed by atoms with Crippen LogP contribution in [0.3, 0.4) is 0 Å². The molecule has 0 unspecified atom stereocenters. The summed E-state index contributed by atoms with van der Waals surface area (Å²) in [5, 5.41) is 8.69. The van der Waals surface area contributed by atoms with Gasteiger partial charge in [-0.25, -0.2) is 9.18 Å². The molecule has 0 aromatic carbocycles. The van der Waals surface area contributed by atoms with Gasteiger partial charge in [0.1, 0.15) is 0 Å². The average Bonchev–Trinajstić information content (AvgIpc) is 2.39. The first kappa shape index (κ1) is 7.79. The van der Waals surface area contributed by atoms with Gasteiger partial charge in [-0.3, -0.25) is 0 Å². The number of aromatic carboxylic acids is 1. The van der Waals surface area contributed by atoms with E-state index in [1.807, 2.05) is 0 Å². The van der Waals surface area contributed by atoms with E-state index >= 15 is 0 Å². The predicted molar refractivity (Wildman–Crippen MR) is 44.3 cm³/mol. The van der Waals surface area contributed by atoms with Crippen molar-refractivity contribution in [2.45, 2.75) is 0 Å². The van der Waals surface area contributed by atoms with Crippen molar-refractivity contribution in [1.29, 1.82) is 0 Å². The lowest BCUT2D eigenvalue weighted by molar-refractivity contribution is 0.0684. The summed E-state index contributed by atoms with van der Waals surface area (Å²) < 4.78 is 14.4. The Kier molecular flexibility index (Phi) is 1.55. The molecule has 0 saturated carbocycles. The highest BCUT2D eigenvalue weighted by Crippen LogP contribution is 2.14. The maximum atomic E-state index is 13.1. The number of halogens is 1. The van der Waals surface area contributed by atoms with Gasteiger partial charge in [0.2, 0.25) is 0 Å². The fraction of sp³-hybridized carbons (Fsp3) is 0. The van der Waals surface area contributed by atoms with E-state index in [9.17, 15) is 9.18 Å². The quantitative estimate of drug-likeness (QED) is 0.724. The summed E-state index contributed by atoms with van der Waals surface area (Å²) in [5.41, 5.74) is 0.216. The second-order valence-corrected chi connectivity index (χ2v) is 2.64. The number of hydrogen-bond acceptors (Lipinski definition) is 1. The van der Waals surface area contributed by atoms with Crippen LogP contribution in [-0.2, 0) is 0 Å². The summed E-state index contributed by atoms with van der Waals surface area (Å²) in [6, 6.07) is 6.22. The molecule has 0 spiro atoms. The van der Waals surface area contributed by atoms with Crippen molar-refractivity contribution in [2.75, 3.05) is 0 Å². The number of carboxylic acids is 1.